The van der Waals surface area contributed by atoms with Gasteiger partial charge in [-0.1, -0.05) is 0 Å². The summed E-state index contributed by atoms with van der Waals surface area (Å²) >= 11 is 0. The van der Waals surface area contributed by atoms with Crippen molar-refractivity contribution in [2.45, 2.75) is 38.3 Å². The van der Waals surface area contributed by atoms with E-state index in [4.69, 9.17) is 0 Å². The van der Waals surface area contributed by atoms with Crippen LogP contribution in [0.4, 0.5) is 36.4 Å². The van der Waals surface area contributed by atoms with E-state index < -0.39 is 64.5 Å². The summed E-state index contributed by atoms with van der Waals surface area (Å²) in [5, 5.41) is 7.51. The summed E-state index contributed by atoms with van der Waals surface area (Å²) in [4.78, 5) is 44.2. The van der Waals surface area contributed by atoms with E-state index in [1.807, 2.05) is 0 Å². The summed E-state index contributed by atoms with van der Waals surface area (Å²) in [6.45, 7) is 0.897. The lowest BCUT2D eigenvalue weighted by Gasteiger charge is -2.18. The van der Waals surface area contributed by atoms with Crippen molar-refractivity contribution < 1.29 is 35.5 Å². The van der Waals surface area contributed by atoms with Gasteiger partial charge in [0.2, 0.25) is 0 Å². The number of Topliss-reactive ketones (excluding diaryl/α,β-unsaturated/α-hetero) is 1. The second-order valence-electron chi connectivity index (χ2n) is 8.73. The molecule has 0 fully saturated rings. The number of hydrogen-bond acceptors (Lipinski definition) is 7. The van der Waals surface area contributed by atoms with Gasteiger partial charge in [-0.15, -0.1) is 0 Å². The Labute approximate surface area is 218 Å². The van der Waals surface area contributed by atoms with Crippen LogP contribution in [0.2, 0.25) is 0 Å². The van der Waals surface area contributed by atoms with Crippen molar-refractivity contribution in [3.63, 3.8) is 0 Å². The first-order chi connectivity index (χ1) is 18.6. The molecule has 40 heavy (non-hydrogen) atoms. The van der Waals surface area contributed by atoms with Gasteiger partial charge in [-0.05, 0) is 30.5 Å². The van der Waals surface area contributed by atoms with Gasteiger partial charge < -0.3 is 9.88 Å². The predicted octanol–water partition coefficient (Wildman–Crippen LogP) is 4.18. The van der Waals surface area contributed by atoms with E-state index in [2.05, 4.69) is 20.4 Å². The minimum atomic E-state index is -4.98. The number of rotatable bonds is 7. The number of alkyl halides is 6. The highest BCUT2D eigenvalue weighted by Gasteiger charge is 2.37. The van der Waals surface area contributed by atoms with Gasteiger partial charge in [0.05, 0.1) is 34.9 Å². The smallest absolute Gasteiger partial charge is 0.380 e. The van der Waals surface area contributed by atoms with Crippen LogP contribution in [0.3, 0.4) is 0 Å². The van der Waals surface area contributed by atoms with Crippen LogP contribution in [0, 0.1) is 5.82 Å². The molecular weight excluding hydrogens is 553 g/mol. The summed E-state index contributed by atoms with van der Waals surface area (Å²) < 4.78 is 93.7. The molecule has 0 unspecified atom stereocenters. The van der Waals surface area contributed by atoms with Crippen LogP contribution in [0.25, 0.3) is 22.2 Å². The molecule has 0 aliphatic rings. The molecule has 1 aromatic carbocycles. The molecule has 0 bridgehead atoms. The molecule has 1 atom stereocenters. The third-order valence-electron chi connectivity index (χ3n) is 5.71. The SMILES string of the molecule is C[C@@H](CC(=O)Cn1ccc2cc(-c3ncc(C(F)(F)F)cn3)c(F)cc2c1=O)Nc1cn[nH]c(=O)c1C(F)(F)F. The van der Waals surface area contributed by atoms with Gasteiger partial charge in [-0.25, -0.2) is 19.5 Å². The molecule has 0 amide bonds. The van der Waals surface area contributed by atoms with Gasteiger partial charge in [0.25, 0.3) is 11.1 Å². The number of nitrogens with one attached hydrogen (secondary N) is 2. The monoisotopic (exact) mass is 570 g/mol. The van der Waals surface area contributed by atoms with Crippen molar-refractivity contribution in [2.24, 2.45) is 0 Å². The number of hydrogen-bond donors (Lipinski definition) is 2. The van der Waals surface area contributed by atoms with E-state index in [1.165, 1.54) is 25.3 Å². The molecule has 0 aliphatic carbocycles. The lowest BCUT2D eigenvalue weighted by molar-refractivity contribution is -0.139. The van der Waals surface area contributed by atoms with Crippen molar-refractivity contribution >= 4 is 22.2 Å². The molecule has 4 aromatic rings. The van der Waals surface area contributed by atoms with Crippen LogP contribution in [0.1, 0.15) is 24.5 Å². The molecule has 210 valence electrons. The van der Waals surface area contributed by atoms with Gasteiger partial charge in [-0.3, -0.25) is 14.4 Å². The largest absolute Gasteiger partial charge is 0.423 e. The minimum Gasteiger partial charge on any atom is -0.380 e. The van der Waals surface area contributed by atoms with Crippen LogP contribution in [0.15, 0.2) is 52.6 Å². The Bertz CT molecular complexity index is 1700. The van der Waals surface area contributed by atoms with Crippen molar-refractivity contribution in [3.8, 4) is 11.4 Å². The highest BCUT2D eigenvalue weighted by atomic mass is 19.4. The molecule has 0 saturated carbocycles. The van der Waals surface area contributed by atoms with Gasteiger partial charge in [0.15, 0.2) is 11.6 Å². The normalized spacial score (nSPS) is 12.9. The van der Waals surface area contributed by atoms with Gasteiger partial charge >= 0.3 is 12.4 Å². The number of fused-ring (bicyclic) bond motifs is 1. The number of aromatic amines is 1. The third-order valence-corrected chi connectivity index (χ3v) is 5.71. The highest BCUT2D eigenvalue weighted by Crippen LogP contribution is 2.32. The zero-order valence-electron chi connectivity index (χ0n) is 20.2. The Hall–Kier alpha value is -4.63. The Morgan fingerprint density at radius 3 is 2.35 bits per heavy atom. The van der Waals surface area contributed by atoms with Gasteiger partial charge in [0, 0.05) is 31.1 Å². The fourth-order valence-electron chi connectivity index (χ4n) is 3.92. The van der Waals surface area contributed by atoms with Crippen molar-refractivity contribution in [1.82, 2.24) is 24.7 Å². The van der Waals surface area contributed by atoms with Crippen LogP contribution < -0.4 is 16.4 Å². The zero-order chi connectivity index (χ0) is 29.4. The molecule has 3 aromatic heterocycles. The highest BCUT2D eigenvalue weighted by molar-refractivity contribution is 5.86. The molecule has 2 N–H and O–H groups in total. The number of halogens is 7. The molecule has 0 aliphatic heterocycles. The van der Waals surface area contributed by atoms with Gasteiger partial charge in [-0.2, -0.15) is 31.4 Å². The first-order valence-corrected chi connectivity index (χ1v) is 11.3. The van der Waals surface area contributed by atoms with E-state index in [-0.39, 0.29) is 28.6 Å². The Morgan fingerprint density at radius 2 is 1.73 bits per heavy atom. The van der Waals surface area contributed by atoms with E-state index in [9.17, 15) is 45.1 Å². The Morgan fingerprint density at radius 1 is 1.05 bits per heavy atom. The van der Waals surface area contributed by atoms with E-state index >= 15 is 0 Å². The van der Waals surface area contributed by atoms with Crippen LogP contribution in [-0.2, 0) is 23.7 Å². The molecule has 0 saturated heterocycles. The predicted molar refractivity (Wildman–Crippen MR) is 127 cm³/mol. The quantitative estimate of drug-likeness (QED) is 0.320. The second kappa shape index (κ2) is 10.5. The number of carbonyl (C=O) groups excluding carboxylic acids is 1. The van der Waals surface area contributed by atoms with Crippen molar-refractivity contribution in [2.75, 3.05) is 5.32 Å². The number of aromatic nitrogens is 5. The topological polar surface area (TPSA) is 123 Å². The fourth-order valence-corrected chi connectivity index (χ4v) is 3.92. The Balaban J connectivity index is 1.52. The summed E-state index contributed by atoms with van der Waals surface area (Å²) in [5.74, 6) is -1.89. The number of benzene rings is 1. The van der Waals surface area contributed by atoms with Crippen molar-refractivity contribution in [3.05, 3.63) is 80.6 Å². The molecule has 0 radical (unpaired) electrons. The summed E-state index contributed by atoms with van der Waals surface area (Å²) in [6, 6.07) is 2.51. The summed E-state index contributed by atoms with van der Waals surface area (Å²) in [6.07, 6.45) is -7.00. The maximum atomic E-state index is 14.8. The average Bonchev–Trinajstić information content (AvgIpc) is 2.84. The fraction of sp³-hybridized carbons (Fsp3) is 0.250. The first kappa shape index (κ1) is 28.4. The molecule has 9 nitrogen and oxygen atoms in total. The average molecular weight is 570 g/mol. The molecule has 0 spiro atoms. The third kappa shape index (κ3) is 6.00. The maximum Gasteiger partial charge on any atom is 0.423 e. The number of nitrogens with zero attached hydrogens (tertiary/aromatic N) is 4. The molecule has 4 rings (SSSR count). The van der Waals surface area contributed by atoms with Crippen LogP contribution in [0.5, 0.6) is 0 Å². The molecular formula is C24H17F7N6O3. The standard InChI is InChI=1S/C24H17F7N6O3/c1-11(35-18-9-34-36-21(39)19(18)24(29,30)31)4-14(38)10-37-3-2-12-5-16(17(25)6-15(12)22(37)40)20-32-7-13(8-33-20)23(26,27)28/h2-3,5-9,11H,4,10H2,1H3,(H2,35,36,39)/t11-/m0/s1. The number of ketones is 1. The number of carbonyl (C=O) groups is 1. The lowest BCUT2D eigenvalue weighted by Crippen LogP contribution is -2.30. The summed E-state index contributed by atoms with van der Waals surface area (Å²) in [5.41, 5.74) is -5.72. The maximum absolute atomic E-state index is 14.8. The Kier molecular flexibility index (Phi) is 7.45. The van der Waals surface area contributed by atoms with E-state index in [0.29, 0.717) is 12.4 Å². The second-order valence-corrected chi connectivity index (χ2v) is 8.73. The number of H-pyrrole nitrogens is 1. The number of anilines is 1. The summed E-state index contributed by atoms with van der Waals surface area (Å²) in [7, 11) is 0. The lowest BCUT2D eigenvalue weighted by atomic mass is 10.1. The van der Waals surface area contributed by atoms with Crippen LogP contribution >= 0.6 is 0 Å². The molecule has 16 heteroatoms. The van der Waals surface area contributed by atoms with E-state index in [1.54, 1.807) is 5.10 Å². The van der Waals surface area contributed by atoms with Crippen LogP contribution in [-0.4, -0.2) is 36.6 Å². The van der Waals surface area contributed by atoms with Gasteiger partial charge in [0.1, 0.15) is 11.4 Å². The van der Waals surface area contributed by atoms with E-state index in [0.717, 1.165) is 16.8 Å². The minimum absolute atomic E-state index is 0.140. The van der Waals surface area contributed by atoms with Crippen molar-refractivity contribution in [1.29, 1.82) is 0 Å². The number of pyridine rings is 1. The first-order valence-electron chi connectivity index (χ1n) is 11.3. The molecule has 3 heterocycles. The zero-order valence-corrected chi connectivity index (χ0v) is 20.2.